The number of hydrogen-bond acceptors (Lipinski definition) is 4. The molecular weight excluding hydrogens is 283 g/mol. The van der Waals surface area contributed by atoms with Gasteiger partial charge in [0.2, 0.25) is 10.0 Å². The van der Waals surface area contributed by atoms with Crippen LogP contribution in [-0.2, 0) is 10.0 Å². The molecule has 1 aromatic rings. The van der Waals surface area contributed by atoms with Crippen LogP contribution in [0.4, 0.5) is 4.39 Å². The zero-order valence-electron chi connectivity index (χ0n) is 11.4. The van der Waals surface area contributed by atoms with Crippen molar-refractivity contribution in [2.75, 3.05) is 26.7 Å². The lowest BCUT2D eigenvalue weighted by molar-refractivity contribution is 0.278. The predicted octanol–water partition coefficient (Wildman–Crippen LogP) is 1.19. The van der Waals surface area contributed by atoms with E-state index in [1.54, 1.807) is 0 Å². The summed E-state index contributed by atoms with van der Waals surface area (Å²) in [4.78, 5) is -0.0398. The summed E-state index contributed by atoms with van der Waals surface area (Å²) in [7, 11) is -2.31. The van der Waals surface area contributed by atoms with Gasteiger partial charge in [0.05, 0.1) is 12.0 Å². The summed E-state index contributed by atoms with van der Waals surface area (Å²) in [5.41, 5.74) is 5.59. The van der Waals surface area contributed by atoms with Crippen molar-refractivity contribution in [2.45, 2.75) is 17.7 Å². The molecule has 0 saturated carbocycles. The molecule has 0 atom stereocenters. The molecule has 0 aromatic heterocycles. The topological polar surface area (TPSA) is 72.6 Å². The van der Waals surface area contributed by atoms with Crippen LogP contribution in [0.1, 0.15) is 12.8 Å². The van der Waals surface area contributed by atoms with Gasteiger partial charge in [0.25, 0.3) is 0 Å². The molecule has 1 aliphatic heterocycles. The third kappa shape index (κ3) is 2.94. The van der Waals surface area contributed by atoms with Crippen LogP contribution in [0.3, 0.4) is 0 Å². The number of sulfonamides is 1. The number of nitrogens with two attached hydrogens (primary N) is 1. The van der Waals surface area contributed by atoms with Crippen molar-refractivity contribution < 1.29 is 17.5 Å². The standard InChI is InChI=1S/C13H19FN2O3S/c1-19-13-3-2-11(8-12(13)14)20(17,18)16-6-4-10(9-15)5-7-16/h2-3,8,10H,4-7,9,15H2,1H3. The molecule has 5 nitrogen and oxygen atoms in total. The Balaban J connectivity index is 2.20. The average Bonchev–Trinajstić information content (AvgIpc) is 2.47. The van der Waals surface area contributed by atoms with E-state index in [2.05, 4.69) is 0 Å². The summed E-state index contributed by atoms with van der Waals surface area (Å²) < 4.78 is 44.7. The highest BCUT2D eigenvalue weighted by Gasteiger charge is 2.29. The SMILES string of the molecule is COc1ccc(S(=O)(=O)N2CCC(CN)CC2)cc1F. The lowest BCUT2D eigenvalue weighted by atomic mass is 9.99. The fourth-order valence-electron chi connectivity index (χ4n) is 2.34. The normalized spacial score (nSPS) is 18.1. The third-order valence-electron chi connectivity index (χ3n) is 3.67. The van der Waals surface area contributed by atoms with Gasteiger partial charge < -0.3 is 10.5 Å². The van der Waals surface area contributed by atoms with Gasteiger partial charge in [-0.05, 0) is 43.5 Å². The van der Waals surface area contributed by atoms with E-state index in [0.717, 1.165) is 18.9 Å². The van der Waals surface area contributed by atoms with Gasteiger partial charge in [-0.2, -0.15) is 4.31 Å². The van der Waals surface area contributed by atoms with E-state index >= 15 is 0 Å². The van der Waals surface area contributed by atoms with Crippen LogP contribution in [0, 0.1) is 11.7 Å². The van der Waals surface area contributed by atoms with E-state index < -0.39 is 15.8 Å². The highest BCUT2D eigenvalue weighted by atomic mass is 32.2. The van der Waals surface area contributed by atoms with Crippen LogP contribution in [0.15, 0.2) is 23.1 Å². The van der Waals surface area contributed by atoms with Crippen LogP contribution in [0.2, 0.25) is 0 Å². The summed E-state index contributed by atoms with van der Waals surface area (Å²) in [6.45, 7) is 1.43. The van der Waals surface area contributed by atoms with Gasteiger partial charge in [-0.25, -0.2) is 12.8 Å². The zero-order valence-corrected chi connectivity index (χ0v) is 12.2. The summed E-state index contributed by atoms with van der Waals surface area (Å²) in [6.07, 6.45) is 1.49. The number of methoxy groups -OCH3 is 1. The largest absolute Gasteiger partial charge is 0.494 e. The minimum atomic E-state index is -3.64. The molecule has 2 N–H and O–H groups in total. The van der Waals surface area contributed by atoms with Gasteiger partial charge in [-0.1, -0.05) is 0 Å². The van der Waals surface area contributed by atoms with Crippen LogP contribution < -0.4 is 10.5 Å². The molecule has 0 amide bonds. The second-order valence-electron chi connectivity index (χ2n) is 4.88. The number of nitrogens with zero attached hydrogens (tertiary/aromatic N) is 1. The summed E-state index contributed by atoms with van der Waals surface area (Å²) >= 11 is 0. The maximum atomic E-state index is 13.6. The molecule has 0 radical (unpaired) electrons. The molecule has 1 saturated heterocycles. The molecule has 0 bridgehead atoms. The first-order valence-corrected chi connectivity index (χ1v) is 7.96. The number of piperidine rings is 1. The molecule has 1 aliphatic rings. The van der Waals surface area contributed by atoms with Crippen LogP contribution >= 0.6 is 0 Å². The van der Waals surface area contributed by atoms with Crippen molar-refractivity contribution in [1.82, 2.24) is 4.31 Å². The van der Waals surface area contributed by atoms with Crippen molar-refractivity contribution >= 4 is 10.0 Å². The Labute approximate surface area is 118 Å². The first-order valence-electron chi connectivity index (χ1n) is 6.52. The van der Waals surface area contributed by atoms with Crippen LogP contribution in [0.5, 0.6) is 5.75 Å². The third-order valence-corrected chi connectivity index (χ3v) is 5.56. The monoisotopic (exact) mass is 302 g/mol. The number of benzene rings is 1. The molecular formula is C13H19FN2O3S. The molecule has 1 aromatic carbocycles. The smallest absolute Gasteiger partial charge is 0.243 e. The van der Waals surface area contributed by atoms with E-state index in [1.807, 2.05) is 0 Å². The molecule has 7 heteroatoms. The highest BCUT2D eigenvalue weighted by Crippen LogP contribution is 2.26. The number of hydrogen-bond donors (Lipinski definition) is 1. The number of halogens is 1. The Morgan fingerprint density at radius 2 is 2.05 bits per heavy atom. The Bertz CT molecular complexity index is 569. The van der Waals surface area contributed by atoms with Crippen molar-refractivity contribution in [3.05, 3.63) is 24.0 Å². The fourth-order valence-corrected chi connectivity index (χ4v) is 3.82. The molecule has 2 rings (SSSR count). The second-order valence-corrected chi connectivity index (χ2v) is 6.82. The van der Waals surface area contributed by atoms with Crippen molar-refractivity contribution in [1.29, 1.82) is 0 Å². The maximum Gasteiger partial charge on any atom is 0.243 e. The second kappa shape index (κ2) is 6.07. The summed E-state index contributed by atoms with van der Waals surface area (Å²) in [5, 5.41) is 0. The van der Waals surface area contributed by atoms with Crippen molar-refractivity contribution in [3.8, 4) is 5.75 Å². The maximum absolute atomic E-state index is 13.6. The predicted molar refractivity (Wildman–Crippen MR) is 73.5 cm³/mol. The molecule has 0 spiro atoms. The lowest BCUT2D eigenvalue weighted by Gasteiger charge is -2.30. The quantitative estimate of drug-likeness (QED) is 0.907. The van der Waals surface area contributed by atoms with Gasteiger partial charge in [-0.3, -0.25) is 0 Å². The first-order chi connectivity index (χ1) is 9.48. The molecule has 0 aliphatic carbocycles. The summed E-state index contributed by atoms with van der Waals surface area (Å²) in [6, 6.07) is 3.70. The van der Waals surface area contributed by atoms with Crippen LogP contribution in [0.25, 0.3) is 0 Å². The zero-order chi connectivity index (χ0) is 14.8. The van der Waals surface area contributed by atoms with E-state index in [9.17, 15) is 12.8 Å². The lowest BCUT2D eigenvalue weighted by Crippen LogP contribution is -2.40. The van der Waals surface area contributed by atoms with E-state index in [4.69, 9.17) is 10.5 Å². The van der Waals surface area contributed by atoms with Gasteiger partial charge in [0.15, 0.2) is 11.6 Å². The van der Waals surface area contributed by atoms with Crippen molar-refractivity contribution in [2.24, 2.45) is 11.7 Å². The molecule has 0 unspecified atom stereocenters. The molecule has 112 valence electrons. The van der Waals surface area contributed by atoms with E-state index in [1.165, 1.54) is 23.5 Å². The summed E-state index contributed by atoms with van der Waals surface area (Å²) in [5.74, 6) is -0.273. The van der Waals surface area contributed by atoms with E-state index in [-0.39, 0.29) is 10.6 Å². The van der Waals surface area contributed by atoms with Gasteiger partial charge >= 0.3 is 0 Å². The minimum absolute atomic E-state index is 0.0331. The molecule has 20 heavy (non-hydrogen) atoms. The Hall–Kier alpha value is -1.18. The number of ether oxygens (including phenoxy) is 1. The Kier molecular flexibility index (Phi) is 4.62. The minimum Gasteiger partial charge on any atom is -0.494 e. The van der Waals surface area contributed by atoms with Gasteiger partial charge in [0.1, 0.15) is 0 Å². The molecule has 1 fully saturated rings. The fraction of sp³-hybridized carbons (Fsp3) is 0.538. The van der Waals surface area contributed by atoms with E-state index in [0.29, 0.717) is 25.6 Å². The Morgan fingerprint density at radius 3 is 2.55 bits per heavy atom. The first kappa shape index (κ1) is 15.2. The van der Waals surface area contributed by atoms with Crippen LogP contribution in [-0.4, -0.2) is 39.5 Å². The Morgan fingerprint density at radius 1 is 1.40 bits per heavy atom. The average molecular weight is 302 g/mol. The number of rotatable bonds is 4. The molecule has 1 heterocycles. The highest BCUT2D eigenvalue weighted by molar-refractivity contribution is 7.89. The van der Waals surface area contributed by atoms with Crippen molar-refractivity contribution in [3.63, 3.8) is 0 Å². The van der Waals surface area contributed by atoms with Gasteiger partial charge in [0, 0.05) is 13.1 Å². The van der Waals surface area contributed by atoms with Gasteiger partial charge in [-0.15, -0.1) is 0 Å².